The monoisotopic (exact) mass is 371 g/mol. The van der Waals surface area contributed by atoms with Gasteiger partial charge in [-0.25, -0.2) is 0 Å². The predicted molar refractivity (Wildman–Crippen MR) is 104 cm³/mol. The van der Waals surface area contributed by atoms with Gasteiger partial charge in [-0.15, -0.1) is 11.3 Å². The molecule has 0 radical (unpaired) electrons. The lowest BCUT2D eigenvalue weighted by Gasteiger charge is -2.07. The smallest absolute Gasteiger partial charge is 0.265 e. The molecule has 0 aliphatic carbocycles. The summed E-state index contributed by atoms with van der Waals surface area (Å²) in [6.45, 7) is 4.52. The summed E-state index contributed by atoms with van der Waals surface area (Å²) in [4.78, 5) is 13.0. The van der Waals surface area contributed by atoms with Gasteiger partial charge in [0, 0.05) is 16.3 Å². The third-order valence-corrected chi connectivity index (χ3v) is 4.77. The maximum Gasteiger partial charge on any atom is 0.265 e. The fourth-order valence-electron chi connectivity index (χ4n) is 2.51. The minimum Gasteiger partial charge on any atom is -0.489 e. The van der Waals surface area contributed by atoms with Gasteiger partial charge in [0.1, 0.15) is 12.4 Å². The number of aryl methyl sites for hydroxylation is 2. The number of carbonyl (C=O) groups excluding carboxylic acids is 1. The first kappa shape index (κ1) is 17.5. The van der Waals surface area contributed by atoms with E-state index in [4.69, 9.17) is 16.3 Å². The normalized spacial score (nSPS) is 10.5. The topological polar surface area (TPSA) is 38.3 Å². The molecule has 0 saturated heterocycles. The molecule has 1 N–H and O–H groups in total. The molecule has 0 aliphatic heterocycles. The Bertz CT molecular complexity index is 884. The second-order valence-electron chi connectivity index (χ2n) is 5.90. The Morgan fingerprint density at radius 3 is 2.60 bits per heavy atom. The van der Waals surface area contributed by atoms with E-state index >= 15 is 0 Å². The van der Waals surface area contributed by atoms with Crippen molar-refractivity contribution in [3.05, 3.63) is 80.5 Å². The van der Waals surface area contributed by atoms with Gasteiger partial charge in [-0.1, -0.05) is 23.7 Å². The minimum atomic E-state index is -0.148. The molecule has 0 fully saturated rings. The number of carbonyl (C=O) groups is 1. The molecule has 3 rings (SSSR count). The van der Waals surface area contributed by atoms with Crippen molar-refractivity contribution in [2.45, 2.75) is 20.5 Å². The highest BCUT2D eigenvalue weighted by molar-refractivity contribution is 7.12. The number of nitrogens with one attached hydrogen (secondary N) is 1. The van der Waals surface area contributed by atoms with Gasteiger partial charge in [0.05, 0.1) is 4.88 Å². The fourth-order valence-corrected chi connectivity index (χ4v) is 3.49. The Kier molecular flexibility index (Phi) is 5.41. The van der Waals surface area contributed by atoms with Crippen LogP contribution >= 0.6 is 22.9 Å². The highest BCUT2D eigenvalue weighted by Gasteiger charge is 2.10. The zero-order valence-electron chi connectivity index (χ0n) is 14.0. The second-order valence-corrected chi connectivity index (χ2v) is 7.24. The van der Waals surface area contributed by atoms with Gasteiger partial charge in [0.2, 0.25) is 0 Å². The maximum absolute atomic E-state index is 12.3. The van der Waals surface area contributed by atoms with E-state index in [0.29, 0.717) is 22.2 Å². The van der Waals surface area contributed by atoms with E-state index in [1.165, 1.54) is 22.5 Å². The Hall–Kier alpha value is -2.30. The van der Waals surface area contributed by atoms with Gasteiger partial charge in [-0.2, -0.15) is 0 Å². The molecule has 128 valence electrons. The molecular formula is C20H18ClNO2S. The van der Waals surface area contributed by atoms with Crippen molar-refractivity contribution in [2.75, 3.05) is 5.32 Å². The second kappa shape index (κ2) is 7.72. The van der Waals surface area contributed by atoms with Gasteiger partial charge in [0.25, 0.3) is 5.91 Å². The summed E-state index contributed by atoms with van der Waals surface area (Å²) < 4.78 is 5.84. The zero-order valence-corrected chi connectivity index (χ0v) is 15.6. The van der Waals surface area contributed by atoms with Crippen LogP contribution in [0.2, 0.25) is 5.02 Å². The summed E-state index contributed by atoms with van der Waals surface area (Å²) in [5.74, 6) is 0.693. The van der Waals surface area contributed by atoms with Crippen LogP contribution in [0.15, 0.2) is 53.9 Å². The number of anilines is 1. The van der Waals surface area contributed by atoms with Crippen molar-refractivity contribution in [1.29, 1.82) is 0 Å². The molecule has 2 aromatic carbocycles. The number of benzene rings is 2. The summed E-state index contributed by atoms with van der Waals surface area (Å²) in [5, 5.41) is 5.38. The first-order valence-electron chi connectivity index (χ1n) is 7.85. The number of hydrogen-bond acceptors (Lipinski definition) is 3. The molecule has 0 bridgehead atoms. The van der Waals surface area contributed by atoms with Crippen molar-refractivity contribution in [2.24, 2.45) is 0 Å². The average Bonchev–Trinajstić information content (AvgIpc) is 3.01. The number of amides is 1. The van der Waals surface area contributed by atoms with Crippen molar-refractivity contribution in [3.8, 4) is 5.75 Å². The third kappa shape index (κ3) is 4.84. The van der Waals surface area contributed by atoms with Crippen LogP contribution in [0.3, 0.4) is 0 Å². The van der Waals surface area contributed by atoms with Crippen molar-refractivity contribution >= 4 is 34.5 Å². The Labute approximate surface area is 156 Å². The predicted octanol–water partition coefficient (Wildman–Crippen LogP) is 5.85. The van der Waals surface area contributed by atoms with E-state index in [0.717, 1.165) is 11.3 Å². The van der Waals surface area contributed by atoms with Gasteiger partial charge < -0.3 is 10.1 Å². The molecule has 25 heavy (non-hydrogen) atoms. The molecule has 1 amide bonds. The summed E-state index contributed by atoms with van der Waals surface area (Å²) >= 11 is 7.33. The van der Waals surface area contributed by atoms with Crippen LogP contribution in [0.4, 0.5) is 5.69 Å². The van der Waals surface area contributed by atoms with E-state index in [2.05, 4.69) is 11.4 Å². The van der Waals surface area contributed by atoms with E-state index in [1.807, 2.05) is 43.5 Å². The van der Waals surface area contributed by atoms with Gasteiger partial charge in [-0.3, -0.25) is 4.79 Å². The van der Waals surface area contributed by atoms with Crippen LogP contribution in [0.25, 0.3) is 0 Å². The standard InChI is InChI=1S/C20H18ClNO2S/c1-13-6-14(2)8-18(7-13)24-11-15-9-19(25-12-15)20(23)22-17-5-3-4-16(21)10-17/h3-10,12H,11H2,1-2H3,(H,22,23). The lowest BCUT2D eigenvalue weighted by Crippen LogP contribution is -2.10. The molecule has 0 atom stereocenters. The first-order valence-corrected chi connectivity index (χ1v) is 9.11. The zero-order chi connectivity index (χ0) is 17.8. The van der Waals surface area contributed by atoms with E-state index in [1.54, 1.807) is 18.2 Å². The lowest BCUT2D eigenvalue weighted by molar-refractivity contribution is 0.103. The molecule has 0 saturated carbocycles. The van der Waals surface area contributed by atoms with Crippen LogP contribution in [-0.2, 0) is 6.61 Å². The summed E-state index contributed by atoms with van der Waals surface area (Å²) in [6.07, 6.45) is 0. The molecule has 0 unspecified atom stereocenters. The molecule has 0 spiro atoms. The molecule has 3 aromatic rings. The molecular weight excluding hydrogens is 354 g/mol. The Morgan fingerprint density at radius 1 is 1.12 bits per heavy atom. The highest BCUT2D eigenvalue weighted by Crippen LogP contribution is 2.22. The fraction of sp³-hybridized carbons (Fsp3) is 0.150. The quantitative estimate of drug-likeness (QED) is 0.610. The maximum atomic E-state index is 12.3. The Morgan fingerprint density at radius 2 is 1.88 bits per heavy atom. The van der Waals surface area contributed by atoms with Crippen molar-refractivity contribution in [1.82, 2.24) is 0 Å². The number of hydrogen-bond donors (Lipinski definition) is 1. The number of thiophene rings is 1. The molecule has 5 heteroatoms. The van der Waals surface area contributed by atoms with E-state index < -0.39 is 0 Å². The third-order valence-electron chi connectivity index (χ3n) is 3.56. The van der Waals surface area contributed by atoms with E-state index in [-0.39, 0.29) is 5.91 Å². The van der Waals surface area contributed by atoms with Gasteiger partial charge >= 0.3 is 0 Å². The van der Waals surface area contributed by atoms with Crippen molar-refractivity contribution in [3.63, 3.8) is 0 Å². The average molecular weight is 372 g/mol. The number of halogens is 1. The summed E-state index contributed by atoms with van der Waals surface area (Å²) in [7, 11) is 0. The van der Waals surface area contributed by atoms with Crippen LogP contribution in [0.1, 0.15) is 26.4 Å². The van der Waals surface area contributed by atoms with Crippen LogP contribution in [0.5, 0.6) is 5.75 Å². The SMILES string of the molecule is Cc1cc(C)cc(OCc2csc(C(=O)Nc3cccc(Cl)c3)c2)c1. The summed E-state index contributed by atoms with van der Waals surface area (Å²) in [5.41, 5.74) is 3.99. The van der Waals surface area contributed by atoms with Crippen LogP contribution in [-0.4, -0.2) is 5.91 Å². The Balaban J connectivity index is 1.62. The van der Waals surface area contributed by atoms with Crippen molar-refractivity contribution < 1.29 is 9.53 Å². The summed E-state index contributed by atoms with van der Waals surface area (Å²) in [6, 6.07) is 15.1. The van der Waals surface area contributed by atoms with E-state index in [9.17, 15) is 4.79 Å². The van der Waals surface area contributed by atoms with Gasteiger partial charge in [-0.05, 0) is 66.8 Å². The van der Waals surface area contributed by atoms with Crippen LogP contribution in [0, 0.1) is 13.8 Å². The molecule has 3 nitrogen and oxygen atoms in total. The lowest BCUT2D eigenvalue weighted by atomic mass is 10.1. The first-order chi connectivity index (χ1) is 12.0. The number of ether oxygens (including phenoxy) is 1. The number of rotatable bonds is 5. The molecule has 1 aromatic heterocycles. The van der Waals surface area contributed by atoms with Crippen LogP contribution < -0.4 is 10.1 Å². The molecule has 1 heterocycles. The highest BCUT2D eigenvalue weighted by atomic mass is 35.5. The largest absolute Gasteiger partial charge is 0.489 e. The van der Waals surface area contributed by atoms with Gasteiger partial charge in [0.15, 0.2) is 0 Å². The minimum absolute atomic E-state index is 0.148. The molecule has 0 aliphatic rings.